The molecule has 2 amide bonds. The quantitative estimate of drug-likeness (QED) is 0.881. The highest BCUT2D eigenvalue weighted by molar-refractivity contribution is 5.86. The van der Waals surface area contributed by atoms with Crippen molar-refractivity contribution in [3.63, 3.8) is 0 Å². The second-order valence-corrected chi connectivity index (χ2v) is 5.74. The Balaban J connectivity index is 1.61. The maximum absolute atomic E-state index is 12.5. The molecule has 1 unspecified atom stereocenters. The predicted octanol–water partition coefficient (Wildman–Crippen LogP) is 0.575. The van der Waals surface area contributed by atoms with E-state index in [0.29, 0.717) is 13.2 Å². The smallest absolute Gasteiger partial charge is 0.410 e. The first kappa shape index (κ1) is 15.8. The lowest BCUT2D eigenvalue weighted by Crippen LogP contribution is -2.47. The van der Waals surface area contributed by atoms with Crippen LogP contribution in [0.25, 0.3) is 0 Å². The normalized spacial score (nSPS) is 24.0. The summed E-state index contributed by atoms with van der Waals surface area (Å²) < 4.78 is 10.5. The average molecular weight is 320 g/mol. The van der Waals surface area contributed by atoms with Gasteiger partial charge in [-0.05, 0) is 5.56 Å². The highest BCUT2D eigenvalue weighted by atomic mass is 16.6. The molecule has 7 heteroatoms. The van der Waals surface area contributed by atoms with Gasteiger partial charge < -0.3 is 19.5 Å². The minimum absolute atomic E-state index is 0.110. The van der Waals surface area contributed by atoms with Gasteiger partial charge in [0.25, 0.3) is 0 Å². The molecule has 2 aliphatic rings. The number of likely N-dealkylation sites (tertiary alicyclic amines) is 1. The second kappa shape index (κ2) is 6.97. The van der Waals surface area contributed by atoms with Gasteiger partial charge in [0.15, 0.2) is 0 Å². The van der Waals surface area contributed by atoms with E-state index >= 15 is 0 Å². The molecule has 23 heavy (non-hydrogen) atoms. The van der Waals surface area contributed by atoms with Gasteiger partial charge in [0.2, 0.25) is 5.91 Å². The van der Waals surface area contributed by atoms with Crippen molar-refractivity contribution in [1.29, 1.82) is 0 Å². The molecular formula is C16H20N2O5. The van der Waals surface area contributed by atoms with Crippen LogP contribution in [0.1, 0.15) is 12.0 Å². The van der Waals surface area contributed by atoms with E-state index in [1.807, 2.05) is 30.3 Å². The summed E-state index contributed by atoms with van der Waals surface area (Å²) in [7, 11) is 0. The molecule has 7 nitrogen and oxygen atoms in total. The molecule has 0 spiro atoms. The number of aliphatic hydroxyl groups is 1. The number of ether oxygens (including phenoxy) is 2. The number of aliphatic hydroxyl groups excluding tert-OH is 1. The minimum Gasteiger partial charge on any atom is -0.445 e. The summed E-state index contributed by atoms with van der Waals surface area (Å²) in [5.74, 6) is -0.198. The molecule has 1 N–H and O–H groups in total. The van der Waals surface area contributed by atoms with Crippen LogP contribution in [0, 0.1) is 0 Å². The molecule has 124 valence electrons. The third-order valence-corrected chi connectivity index (χ3v) is 4.07. The molecular weight excluding hydrogens is 300 g/mol. The molecule has 1 aromatic rings. The first-order valence-corrected chi connectivity index (χ1v) is 7.67. The van der Waals surface area contributed by atoms with Crippen LogP contribution < -0.4 is 0 Å². The van der Waals surface area contributed by atoms with Crippen LogP contribution in [0.15, 0.2) is 30.3 Å². The minimum atomic E-state index is -0.711. The van der Waals surface area contributed by atoms with Crippen molar-refractivity contribution in [2.75, 3.05) is 26.4 Å². The van der Waals surface area contributed by atoms with E-state index in [4.69, 9.17) is 9.47 Å². The molecule has 1 aromatic carbocycles. The third kappa shape index (κ3) is 3.62. The average Bonchev–Trinajstić information content (AvgIpc) is 3.22. The Kier molecular flexibility index (Phi) is 4.78. The highest BCUT2D eigenvalue weighted by Gasteiger charge is 2.42. The van der Waals surface area contributed by atoms with Crippen molar-refractivity contribution in [2.45, 2.75) is 25.2 Å². The number of rotatable bonds is 3. The van der Waals surface area contributed by atoms with Crippen molar-refractivity contribution in [3.8, 4) is 0 Å². The fraction of sp³-hybridized carbons (Fsp3) is 0.500. The Bertz CT molecular complexity index is 559. The number of hydrogen-bond donors (Lipinski definition) is 1. The molecule has 0 aromatic heterocycles. The second-order valence-electron chi connectivity index (χ2n) is 5.74. The number of β-amino-alcohol motifs (C(OH)–C–C–N with tert-alkyl or cyclic N) is 1. The van der Waals surface area contributed by atoms with Crippen LogP contribution in [0.3, 0.4) is 0 Å². The van der Waals surface area contributed by atoms with Crippen molar-refractivity contribution in [3.05, 3.63) is 35.9 Å². The Morgan fingerprint density at radius 2 is 2.09 bits per heavy atom. The zero-order valence-electron chi connectivity index (χ0n) is 12.8. The summed E-state index contributed by atoms with van der Waals surface area (Å²) >= 11 is 0. The number of hydrogen-bond acceptors (Lipinski definition) is 5. The molecule has 0 radical (unpaired) electrons. The summed E-state index contributed by atoms with van der Waals surface area (Å²) in [5, 5.41) is 9.84. The lowest BCUT2D eigenvalue weighted by atomic mass is 10.2. The standard InChI is InChI=1S/C16H20N2O5/c19-13-8-14(15(20)17-6-7-22-11-17)18(9-13)16(21)23-10-12-4-2-1-3-5-12/h1-5,13-14,19H,6-11H2/t13?,14-/m0/s1. The molecule has 2 atom stereocenters. The zero-order valence-corrected chi connectivity index (χ0v) is 12.8. The van der Waals surface area contributed by atoms with Gasteiger partial charge in [-0.15, -0.1) is 0 Å². The van der Waals surface area contributed by atoms with E-state index in [2.05, 4.69) is 0 Å². The first-order valence-electron chi connectivity index (χ1n) is 7.67. The molecule has 0 saturated carbocycles. The van der Waals surface area contributed by atoms with Gasteiger partial charge in [-0.25, -0.2) is 4.79 Å². The van der Waals surface area contributed by atoms with Gasteiger partial charge in [0.05, 0.1) is 19.3 Å². The Morgan fingerprint density at radius 3 is 2.78 bits per heavy atom. The van der Waals surface area contributed by atoms with E-state index < -0.39 is 18.2 Å². The van der Waals surface area contributed by atoms with Crippen LogP contribution in [0.4, 0.5) is 4.79 Å². The number of amides is 2. The van der Waals surface area contributed by atoms with Crippen LogP contribution in [0.5, 0.6) is 0 Å². The van der Waals surface area contributed by atoms with E-state index in [1.165, 1.54) is 4.90 Å². The lowest BCUT2D eigenvalue weighted by Gasteiger charge is -2.26. The van der Waals surface area contributed by atoms with Crippen molar-refractivity contribution in [2.24, 2.45) is 0 Å². The molecule has 0 aliphatic carbocycles. The Hall–Kier alpha value is -2.12. The zero-order chi connectivity index (χ0) is 16.2. The molecule has 2 heterocycles. The SMILES string of the molecule is O=C([C@@H]1CC(O)CN1C(=O)OCc1ccccc1)N1CCOC1. The van der Waals surface area contributed by atoms with Crippen LogP contribution in [0.2, 0.25) is 0 Å². The van der Waals surface area contributed by atoms with Crippen molar-refractivity contribution in [1.82, 2.24) is 9.80 Å². The van der Waals surface area contributed by atoms with E-state index in [0.717, 1.165) is 5.56 Å². The summed E-state index contributed by atoms with van der Waals surface area (Å²) in [4.78, 5) is 27.6. The van der Waals surface area contributed by atoms with Gasteiger partial charge in [-0.1, -0.05) is 30.3 Å². The Morgan fingerprint density at radius 1 is 1.30 bits per heavy atom. The third-order valence-electron chi connectivity index (χ3n) is 4.07. The summed E-state index contributed by atoms with van der Waals surface area (Å²) in [6, 6.07) is 8.64. The summed E-state index contributed by atoms with van der Waals surface area (Å²) in [6.45, 7) is 1.49. The molecule has 2 saturated heterocycles. The van der Waals surface area contributed by atoms with E-state index in [-0.39, 0.29) is 32.2 Å². The van der Waals surface area contributed by atoms with Crippen LogP contribution >= 0.6 is 0 Å². The number of benzene rings is 1. The first-order chi connectivity index (χ1) is 11.1. The highest BCUT2D eigenvalue weighted by Crippen LogP contribution is 2.22. The summed E-state index contributed by atoms with van der Waals surface area (Å²) in [6.07, 6.45) is -1.06. The fourth-order valence-electron chi connectivity index (χ4n) is 2.85. The monoisotopic (exact) mass is 320 g/mol. The van der Waals surface area contributed by atoms with Gasteiger partial charge >= 0.3 is 6.09 Å². The van der Waals surface area contributed by atoms with E-state index in [1.54, 1.807) is 4.90 Å². The largest absolute Gasteiger partial charge is 0.445 e. The van der Waals surface area contributed by atoms with E-state index in [9.17, 15) is 14.7 Å². The number of nitrogens with zero attached hydrogens (tertiary/aromatic N) is 2. The van der Waals surface area contributed by atoms with Crippen molar-refractivity contribution < 1.29 is 24.2 Å². The van der Waals surface area contributed by atoms with Gasteiger partial charge in [-0.3, -0.25) is 9.69 Å². The van der Waals surface area contributed by atoms with Gasteiger partial charge in [0, 0.05) is 13.0 Å². The fourth-order valence-corrected chi connectivity index (χ4v) is 2.85. The molecule has 2 fully saturated rings. The van der Waals surface area contributed by atoms with Crippen LogP contribution in [-0.4, -0.2) is 65.5 Å². The maximum atomic E-state index is 12.5. The Labute approximate surface area is 134 Å². The molecule has 3 rings (SSSR count). The molecule has 2 aliphatic heterocycles. The number of carbonyl (C=O) groups excluding carboxylic acids is 2. The lowest BCUT2D eigenvalue weighted by molar-refractivity contribution is -0.136. The topological polar surface area (TPSA) is 79.3 Å². The van der Waals surface area contributed by atoms with Gasteiger partial charge in [0.1, 0.15) is 19.4 Å². The maximum Gasteiger partial charge on any atom is 0.410 e. The van der Waals surface area contributed by atoms with Crippen LogP contribution in [-0.2, 0) is 20.9 Å². The predicted molar refractivity (Wildman–Crippen MR) is 80.3 cm³/mol. The van der Waals surface area contributed by atoms with Gasteiger partial charge in [-0.2, -0.15) is 0 Å². The number of carbonyl (C=O) groups is 2. The summed E-state index contributed by atoms with van der Waals surface area (Å²) in [5.41, 5.74) is 0.872. The van der Waals surface area contributed by atoms with Crippen molar-refractivity contribution >= 4 is 12.0 Å². The molecule has 0 bridgehead atoms.